The fourth-order valence-corrected chi connectivity index (χ4v) is 3.90. The molecule has 0 bridgehead atoms. The molecule has 2 N–H and O–H groups in total. The summed E-state index contributed by atoms with van der Waals surface area (Å²) in [5.41, 5.74) is 1.26. The van der Waals surface area contributed by atoms with Gasteiger partial charge >= 0.3 is 0 Å². The Kier molecular flexibility index (Phi) is 4.36. The van der Waals surface area contributed by atoms with Crippen molar-refractivity contribution in [1.82, 2.24) is 10.2 Å². The third-order valence-electron chi connectivity index (χ3n) is 5.13. The van der Waals surface area contributed by atoms with E-state index < -0.39 is 0 Å². The van der Waals surface area contributed by atoms with Crippen molar-refractivity contribution in [2.24, 2.45) is 0 Å². The molecule has 1 aliphatic heterocycles. The Morgan fingerprint density at radius 2 is 2.10 bits per heavy atom. The summed E-state index contributed by atoms with van der Waals surface area (Å²) >= 11 is 0. The molecule has 116 valence electrons. The zero-order valence-corrected chi connectivity index (χ0v) is 12.9. The van der Waals surface area contributed by atoms with E-state index in [1.807, 2.05) is 18.2 Å². The van der Waals surface area contributed by atoms with Crippen LogP contribution in [0.15, 0.2) is 18.2 Å². The van der Waals surface area contributed by atoms with Gasteiger partial charge in [0.1, 0.15) is 0 Å². The van der Waals surface area contributed by atoms with E-state index >= 15 is 0 Å². The maximum Gasteiger partial charge on any atom is 0.162 e. The quantitative estimate of drug-likeness (QED) is 0.898. The van der Waals surface area contributed by atoms with Gasteiger partial charge in [-0.2, -0.15) is 0 Å². The summed E-state index contributed by atoms with van der Waals surface area (Å²) < 4.78 is 5.23. The summed E-state index contributed by atoms with van der Waals surface area (Å²) in [4.78, 5) is 2.58. The van der Waals surface area contributed by atoms with Crippen molar-refractivity contribution in [2.75, 3.05) is 26.7 Å². The van der Waals surface area contributed by atoms with Gasteiger partial charge in [-0.3, -0.25) is 4.90 Å². The lowest BCUT2D eigenvalue weighted by Gasteiger charge is -2.50. The fraction of sp³-hybridized carbons (Fsp3) is 0.647. The van der Waals surface area contributed by atoms with Gasteiger partial charge in [-0.05, 0) is 18.9 Å². The largest absolute Gasteiger partial charge is 0.504 e. The maximum atomic E-state index is 10.3. The van der Waals surface area contributed by atoms with E-state index in [-0.39, 0.29) is 5.54 Å². The number of aromatic hydroxyl groups is 1. The molecule has 4 heteroatoms. The first-order chi connectivity index (χ1) is 10.2. The van der Waals surface area contributed by atoms with Crippen molar-refractivity contribution in [3.8, 4) is 11.5 Å². The Hall–Kier alpha value is -1.26. The van der Waals surface area contributed by atoms with E-state index in [0.29, 0.717) is 11.5 Å². The number of nitrogens with zero attached hydrogens (tertiary/aromatic N) is 1. The smallest absolute Gasteiger partial charge is 0.162 e. The number of phenols is 1. The Labute approximate surface area is 127 Å². The number of piperazine rings is 1. The van der Waals surface area contributed by atoms with Crippen molar-refractivity contribution >= 4 is 0 Å². The van der Waals surface area contributed by atoms with Crippen LogP contribution in [0.5, 0.6) is 11.5 Å². The number of nitrogens with one attached hydrogen (secondary N) is 1. The number of phenolic OH excluding ortho intramolecular Hbond substituents is 1. The van der Waals surface area contributed by atoms with Crippen LogP contribution in [-0.2, 0) is 6.54 Å². The van der Waals surface area contributed by atoms with Crippen molar-refractivity contribution in [3.63, 3.8) is 0 Å². The number of ether oxygens (including phenoxy) is 1. The molecular formula is C17H26N2O2. The minimum absolute atomic E-state index is 0.284. The van der Waals surface area contributed by atoms with Crippen molar-refractivity contribution in [3.05, 3.63) is 23.8 Å². The fourth-order valence-electron chi connectivity index (χ4n) is 3.90. The van der Waals surface area contributed by atoms with Gasteiger partial charge < -0.3 is 15.2 Å². The van der Waals surface area contributed by atoms with Crippen LogP contribution in [0.2, 0.25) is 0 Å². The minimum Gasteiger partial charge on any atom is -0.504 e. The molecule has 4 nitrogen and oxygen atoms in total. The van der Waals surface area contributed by atoms with Crippen LogP contribution < -0.4 is 10.1 Å². The lowest BCUT2D eigenvalue weighted by molar-refractivity contribution is 0.0203. The molecule has 2 aliphatic rings. The van der Waals surface area contributed by atoms with Gasteiger partial charge in [-0.25, -0.2) is 0 Å². The average molecular weight is 290 g/mol. The monoisotopic (exact) mass is 290 g/mol. The topological polar surface area (TPSA) is 44.7 Å². The second kappa shape index (κ2) is 6.24. The Morgan fingerprint density at radius 1 is 1.29 bits per heavy atom. The first-order valence-electron chi connectivity index (χ1n) is 8.06. The number of hydrogen-bond donors (Lipinski definition) is 2. The summed E-state index contributed by atoms with van der Waals surface area (Å²) in [6, 6.07) is 5.78. The summed E-state index contributed by atoms with van der Waals surface area (Å²) in [6.45, 7) is 3.98. The van der Waals surface area contributed by atoms with Crippen LogP contribution in [-0.4, -0.2) is 42.3 Å². The molecule has 3 rings (SSSR count). The van der Waals surface area contributed by atoms with Gasteiger partial charge in [0.2, 0.25) is 0 Å². The highest BCUT2D eigenvalue weighted by Gasteiger charge is 2.39. The third-order valence-corrected chi connectivity index (χ3v) is 5.13. The minimum atomic E-state index is 0.284. The number of methoxy groups -OCH3 is 1. The molecule has 1 aromatic carbocycles. The summed E-state index contributed by atoms with van der Waals surface area (Å²) in [6.07, 6.45) is 6.54. The Balaban J connectivity index is 1.81. The first kappa shape index (κ1) is 14.7. The summed E-state index contributed by atoms with van der Waals surface area (Å²) in [7, 11) is 1.60. The Morgan fingerprint density at radius 3 is 2.86 bits per heavy atom. The molecule has 1 spiro atoms. The average Bonchev–Trinajstić information content (AvgIpc) is 2.52. The van der Waals surface area contributed by atoms with Crippen LogP contribution in [0.1, 0.15) is 37.7 Å². The third kappa shape index (κ3) is 2.87. The Bertz CT molecular complexity index is 475. The van der Waals surface area contributed by atoms with Gasteiger partial charge in [0.25, 0.3) is 0 Å². The van der Waals surface area contributed by atoms with Gasteiger partial charge in [0.15, 0.2) is 11.5 Å². The van der Waals surface area contributed by atoms with E-state index in [1.165, 1.54) is 32.1 Å². The van der Waals surface area contributed by atoms with E-state index in [4.69, 9.17) is 4.74 Å². The zero-order valence-electron chi connectivity index (χ0n) is 12.9. The van der Waals surface area contributed by atoms with Gasteiger partial charge in [-0.15, -0.1) is 0 Å². The molecule has 1 aromatic rings. The number of benzene rings is 1. The lowest BCUT2D eigenvalue weighted by atomic mass is 9.79. The highest BCUT2D eigenvalue weighted by atomic mass is 16.5. The molecule has 1 aliphatic carbocycles. The highest BCUT2D eigenvalue weighted by Crippen LogP contribution is 2.37. The van der Waals surface area contributed by atoms with E-state index in [2.05, 4.69) is 10.2 Å². The molecule has 1 heterocycles. The summed E-state index contributed by atoms with van der Waals surface area (Å²) in [5, 5.41) is 13.9. The van der Waals surface area contributed by atoms with Crippen LogP contribution in [0.25, 0.3) is 0 Å². The molecule has 1 saturated heterocycles. The normalized spacial score (nSPS) is 22.3. The maximum absolute atomic E-state index is 10.3. The number of para-hydroxylation sites is 1. The zero-order chi connectivity index (χ0) is 14.7. The molecule has 2 fully saturated rings. The van der Waals surface area contributed by atoms with E-state index in [1.54, 1.807) is 7.11 Å². The SMILES string of the molecule is COc1cccc(CN2CCNCC23CCCCC3)c1O. The highest BCUT2D eigenvalue weighted by molar-refractivity contribution is 5.45. The van der Waals surface area contributed by atoms with Gasteiger partial charge in [0.05, 0.1) is 7.11 Å². The van der Waals surface area contributed by atoms with Crippen LogP contribution in [0, 0.1) is 0 Å². The molecule has 1 saturated carbocycles. The second-order valence-corrected chi connectivity index (χ2v) is 6.35. The van der Waals surface area contributed by atoms with Crippen molar-refractivity contribution in [2.45, 2.75) is 44.2 Å². The van der Waals surface area contributed by atoms with Gasteiger partial charge in [0, 0.05) is 37.3 Å². The van der Waals surface area contributed by atoms with Crippen LogP contribution in [0.3, 0.4) is 0 Å². The van der Waals surface area contributed by atoms with Crippen LogP contribution in [0.4, 0.5) is 0 Å². The predicted octanol–water partition coefficient (Wildman–Crippen LogP) is 2.51. The molecule has 0 atom stereocenters. The first-order valence-corrected chi connectivity index (χ1v) is 8.06. The van der Waals surface area contributed by atoms with Crippen molar-refractivity contribution in [1.29, 1.82) is 0 Å². The number of hydrogen-bond acceptors (Lipinski definition) is 4. The molecule has 0 amide bonds. The van der Waals surface area contributed by atoms with Crippen molar-refractivity contribution < 1.29 is 9.84 Å². The van der Waals surface area contributed by atoms with E-state index in [0.717, 1.165) is 31.7 Å². The molecule has 0 aromatic heterocycles. The molecule has 0 unspecified atom stereocenters. The second-order valence-electron chi connectivity index (χ2n) is 6.35. The summed E-state index contributed by atoms with van der Waals surface area (Å²) in [5.74, 6) is 0.866. The van der Waals surface area contributed by atoms with Crippen LogP contribution >= 0.6 is 0 Å². The molecule has 21 heavy (non-hydrogen) atoms. The number of rotatable bonds is 3. The van der Waals surface area contributed by atoms with E-state index in [9.17, 15) is 5.11 Å². The predicted molar refractivity (Wildman–Crippen MR) is 83.8 cm³/mol. The molecule has 0 radical (unpaired) electrons. The lowest BCUT2D eigenvalue weighted by Crippen LogP contribution is -2.61. The van der Waals surface area contributed by atoms with Gasteiger partial charge in [-0.1, -0.05) is 31.4 Å². The molecular weight excluding hydrogens is 264 g/mol. The standard InChI is InChI=1S/C17H26N2O2/c1-21-15-7-5-6-14(16(15)20)12-19-11-10-18-13-17(19)8-3-2-4-9-17/h5-7,18,20H,2-4,8-13H2,1H3.